The van der Waals surface area contributed by atoms with Crippen LogP contribution in [-0.2, 0) is 9.53 Å². The lowest BCUT2D eigenvalue weighted by atomic mass is 10.2. The van der Waals surface area contributed by atoms with E-state index in [-0.39, 0.29) is 18.1 Å². The Morgan fingerprint density at radius 3 is 2.83 bits per heavy atom. The van der Waals surface area contributed by atoms with Gasteiger partial charge in [-0.25, -0.2) is 0 Å². The molecule has 1 aromatic carbocycles. The molecule has 0 radical (unpaired) electrons. The van der Waals surface area contributed by atoms with Crippen LogP contribution in [0.1, 0.15) is 13.8 Å². The van der Waals surface area contributed by atoms with Crippen molar-refractivity contribution in [2.24, 2.45) is 0 Å². The Morgan fingerprint density at radius 1 is 1.39 bits per heavy atom. The molecular weight excluding hydrogens is 246 g/mol. The highest BCUT2D eigenvalue weighted by molar-refractivity contribution is 8.00. The molecule has 1 fully saturated rings. The fourth-order valence-corrected chi connectivity index (χ4v) is 2.80. The van der Waals surface area contributed by atoms with Gasteiger partial charge in [0, 0.05) is 11.4 Å². The first-order valence-electron chi connectivity index (χ1n) is 6.25. The fourth-order valence-electron chi connectivity index (χ4n) is 2.00. The van der Waals surface area contributed by atoms with Crippen molar-refractivity contribution >= 4 is 17.7 Å². The van der Waals surface area contributed by atoms with Crippen molar-refractivity contribution in [3.63, 3.8) is 0 Å². The van der Waals surface area contributed by atoms with Crippen LogP contribution in [0.4, 0.5) is 0 Å². The van der Waals surface area contributed by atoms with Gasteiger partial charge in [-0.2, -0.15) is 0 Å². The van der Waals surface area contributed by atoms with Crippen LogP contribution in [0.2, 0.25) is 0 Å². The predicted molar refractivity (Wildman–Crippen MR) is 73.8 cm³/mol. The van der Waals surface area contributed by atoms with Gasteiger partial charge in [0.2, 0.25) is 5.91 Å². The highest BCUT2D eigenvalue weighted by Crippen LogP contribution is 2.19. The Labute approximate surface area is 113 Å². The molecule has 1 saturated heterocycles. The second-order valence-electron chi connectivity index (χ2n) is 4.64. The van der Waals surface area contributed by atoms with Crippen LogP contribution in [0.15, 0.2) is 35.2 Å². The Bertz CT molecular complexity index is 396. The molecule has 2 unspecified atom stereocenters. The van der Waals surface area contributed by atoms with E-state index >= 15 is 0 Å². The van der Waals surface area contributed by atoms with Gasteiger partial charge in [-0.3, -0.25) is 4.79 Å². The summed E-state index contributed by atoms with van der Waals surface area (Å²) in [6, 6.07) is 10.2. The van der Waals surface area contributed by atoms with Crippen molar-refractivity contribution in [3.8, 4) is 0 Å². The fraction of sp³-hybridized carbons (Fsp3) is 0.500. The minimum absolute atomic E-state index is 0.145. The van der Waals surface area contributed by atoms with Gasteiger partial charge in [0.1, 0.15) is 0 Å². The second kappa shape index (κ2) is 6.25. The van der Waals surface area contributed by atoms with Crippen molar-refractivity contribution in [2.75, 3.05) is 18.9 Å². The van der Waals surface area contributed by atoms with E-state index in [0.717, 1.165) is 4.90 Å². The van der Waals surface area contributed by atoms with Crippen molar-refractivity contribution in [1.29, 1.82) is 0 Å². The molecule has 0 aliphatic carbocycles. The quantitative estimate of drug-likeness (QED) is 0.786. The largest absolute Gasteiger partial charge is 0.375 e. The van der Waals surface area contributed by atoms with E-state index in [2.05, 4.69) is 0 Å². The van der Waals surface area contributed by atoms with Crippen molar-refractivity contribution < 1.29 is 9.53 Å². The van der Waals surface area contributed by atoms with Gasteiger partial charge in [0.05, 0.1) is 24.5 Å². The minimum Gasteiger partial charge on any atom is -0.375 e. The molecule has 1 aliphatic rings. The highest BCUT2D eigenvalue weighted by Gasteiger charge is 2.27. The zero-order valence-electron chi connectivity index (χ0n) is 10.8. The zero-order valence-corrected chi connectivity index (χ0v) is 11.7. The van der Waals surface area contributed by atoms with Crippen LogP contribution in [-0.4, -0.2) is 41.9 Å². The van der Waals surface area contributed by atoms with E-state index in [0.29, 0.717) is 18.9 Å². The number of hydrogen-bond acceptors (Lipinski definition) is 3. The minimum atomic E-state index is 0.145. The number of benzene rings is 1. The lowest BCUT2D eigenvalue weighted by Crippen LogP contribution is -2.50. The molecule has 0 aromatic heterocycles. The molecule has 1 amide bonds. The van der Waals surface area contributed by atoms with E-state index in [9.17, 15) is 4.79 Å². The van der Waals surface area contributed by atoms with Crippen LogP contribution in [0, 0.1) is 0 Å². The monoisotopic (exact) mass is 265 g/mol. The smallest absolute Gasteiger partial charge is 0.233 e. The van der Waals surface area contributed by atoms with E-state index < -0.39 is 0 Å². The van der Waals surface area contributed by atoms with Crippen molar-refractivity contribution in [2.45, 2.75) is 30.9 Å². The van der Waals surface area contributed by atoms with Crippen LogP contribution >= 0.6 is 11.8 Å². The summed E-state index contributed by atoms with van der Waals surface area (Å²) in [5.41, 5.74) is 0. The Kier molecular flexibility index (Phi) is 4.66. The van der Waals surface area contributed by atoms with Crippen LogP contribution in [0.5, 0.6) is 0 Å². The van der Waals surface area contributed by atoms with Gasteiger partial charge in [0.15, 0.2) is 0 Å². The van der Waals surface area contributed by atoms with Crippen molar-refractivity contribution in [3.05, 3.63) is 30.3 Å². The molecule has 1 aromatic rings. The number of ether oxygens (including phenoxy) is 1. The first-order chi connectivity index (χ1) is 8.66. The van der Waals surface area contributed by atoms with Crippen LogP contribution in [0.3, 0.4) is 0 Å². The average Bonchev–Trinajstić information content (AvgIpc) is 2.40. The van der Waals surface area contributed by atoms with Gasteiger partial charge >= 0.3 is 0 Å². The summed E-state index contributed by atoms with van der Waals surface area (Å²) in [6.45, 7) is 5.39. The van der Waals surface area contributed by atoms with Gasteiger partial charge in [-0.05, 0) is 26.0 Å². The van der Waals surface area contributed by atoms with Gasteiger partial charge in [-0.1, -0.05) is 18.2 Å². The lowest BCUT2D eigenvalue weighted by Gasteiger charge is -2.36. The molecule has 0 bridgehead atoms. The predicted octanol–water partition coefficient (Wildman–Crippen LogP) is 2.41. The maximum absolute atomic E-state index is 12.2. The van der Waals surface area contributed by atoms with Gasteiger partial charge in [-0.15, -0.1) is 11.8 Å². The topological polar surface area (TPSA) is 29.5 Å². The number of hydrogen-bond donors (Lipinski definition) is 0. The molecule has 1 heterocycles. The third-order valence-corrected chi connectivity index (χ3v) is 4.03. The summed E-state index contributed by atoms with van der Waals surface area (Å²) in [6.07, 6.45) is 0.145. The number of rotatable bonds is 3. The zero-order chi connectivity index (χ0) is 13.0. The number of carbonyl (C=O) groups is 1. The van der Waals surface area contributed by atoms with Crippen LogP contribution < -0.4 is 0 Å². The van der Waals surface area contributed by atoms with Gasteiger partial charge < -0.3 is 9.64 Å². The van der Waals surface area contributed by atoms with Gasteiger partial charge in [0.25, 0.3) is 0 Å². The van der Waals surface area contributed by atoms with E-state index in [4.69, 9.17) is 4.74 Å². The molecule has 18 heavy (non-hydrogen) atoms. The first-order valence-corrected chi connectivity index (χ1v) is 7.24. The highest BCUT2D eigenvalue weighted by atomic mass is 32.2. The number of thioether (sulfide) groups is 1. The summed E-state index contributed by atoms with van der Waals surface area (Å²) in [4.78, 5) is 15.3. The Balaban J connectivity index is 1.87. The summed E-state index contributed by atoms with van der Waals surface area (Å²) in [5.74, 6) is 0.702. The summed E-state index contributed by atoms with van der Waals surface area (Å²) in [7, 11) is 0. The molecule has 98 valence electrons. The summed E-state index contributed by atoms with van der Waals surface area (Å²) in [5, 5.41) is 0. The van der Waals surface area contributed by atoms with E-state index in [1.54, 1.807) is 11.8 Å². The molecule has 0 N–H and O–H groups in total. The maximum Gasteiger partial charge on any atom is 0.233 e. The number of amides is 1. The van der Waals surface area contributed by atoms with E-state index in [1.165, 1.54) is 0 Å². The average molecular weight is 265 g/mol. The number of morpholine rings is 1. The molecule has 2 rings (SSSR count). The third kappa shape index (κ3) is 3.50. The third-order valence-electron chi connectivity index (χ3n) is 3.03. The first kappa shape index (κ1) is 13.4. The molecule has 0 saturated carbocycles. The lowest BCUT2D eigenvalue weighted by molar-refractivity contribution is -0.140. The number of nitrogens with zero attached hydrogens (tertiary/aromatic N) is 1. The SMILES string of the molecule is CC1CN(C(=O)CSc2ccccc2)C(C)CO1. The molecule has 1 aliphatic heterocycles. The second-order valence-corrected chi connectivity index (χ2v) is 5.69. The molecule has 3 nitrogen and oxygen atoms in total. The van der Waals surface area contributed by atoms with Crippen molar-refractivity contribution in [1.82, 2.24) is 4.90 Å². The molecular formula is C14H19NO2S. The number of carbonyl (C=O) groups excluding carboxylic acids is 1. The summed E-state index contributed by atoms with van der Waals surface area (Å²) >= 11 is 1.59. The summed E-state index contributed by atoms with van der Waals surface area (Å²) < 4.78 is 5.53. The maximum atomic E-state index is 12.2. The Hall–Kier alpha value is -1.00. The Morgan fingerprint density at radius 2 is 2.11 bits per heavy atom. The molecule has 4 heteroatoms. The van der Waals surface area contributed by atoms with Crippen LogP contribution in [0.25, 0.3) is 0 Å². The normalized spacial score (nSPS) is 24.0. The molecule has 0 spiro atoms. The molecule has 2 atom stereocenters. The standard InChI is InChI=1S/C14H19NO2S/c1-11-9-17-12(2)8-15(11)14(16)10-18-13-6-4-3-5-7-13/h3-7,11-12H,8-10H2,1-2H3. The van der Waals surface area contributed by atoms with E-state index in [1.807, 2.05) is 49.1 Å².